The average molecular weight is 1380 g/mol. The van der Waals surface area contributed by atoms with E-state index in [1.54, 1.807) is 45.4 Å². The van der Waals surface area contributed by atoms with Gasteiger partial charge in [-0.1, -0.05) is 19.1 Å². The number of carbonyl (C=O) groups is 7. The van der Waals surface area contributed by atoms with Gasteiger partial charge in [-0.3, -0.25) is 49.6 Å². The first-order valence-electron chi connectivity index (χ1n) is 34.4. The molecule has 9 aromatic rings. The number of pyridine rings is 3. The zero-order valence-corrected chi connectivity index (χ0v) is 57.2. The molecule has 5 N–H and O–H groups in total. The van der Waals surface area contributed by atoms with Crippen LogP contribution in [0.5, 0.6) is 0 Å². The van der Waals surface area contributed by atoms with Crippen molar-refractivity contribution in [2.75, 3.05) is 104 Å². The van der Waals surface area contributed by atoms with Crippen molar-refractivity contribution in [3.05, 3.63) is 121 Å². The molecule has 100 heavy (non-hydrogen) atoms. The number of ether oxygens (including phenoxy) is 7. The molecular weight excluding hydrogens is 1280 g/mol. The van der Waals surface area contributed by atoms with Crippen LogP contribution in [0, 0.1) is 0 Å². The third kappa shape index (κ3) is 18.6. The maximum absolute atomic E-state index is 13.2. The number of benzene rings is 3. The molecule has 0 spiro atoms. The van der Waals surface area contributed by atoms with Crippen LogP contribution in [0.15, 0.2) is 110 Å². The molecule has 26 nitrogen and oxygen atoms in total. The Kier molecular flexibility index (Phi) is 26.3. The van der Waals surface area contributed by atoms with E-state index in [0.29, 0.717) is 103 Å². The second kappa shape index (κ2) is 35.8. The second-order valence-electron chi connectivity index (χ2n) is 25.5. The summed E-state index contributed by atoms with van der Waals surface area (Å²) in [5.41, 5.74) is 7.20. The minimum Gasteiger partial charge on any atom is -0.443 e. The van der Waals surface area contributed by atoms with Gasteiger partial charge >= 0.3 is 6.09 Å². The maximum atomic E-state index is 13.2. The number of piperidine rings is 3. The van der Waals surface area contributed by atoms with E-state index in [2.05, 4.69) is 68.2 Å². The molecule has 0 radical (unpaired) electrons. The van der Waals surface area contributed by atoms with Crippen LogP contribution in [0.1, 0.15) is 115 Å². The molecule has 0 bridgehead atoms. The minimum absolute atomic E-state index is 0.0257. The van der Waals surface area contributed by atoms with Crippen LogP contribution in [-0.4, -0.2) is 185 Å². The number of aryl methyl sites for hydroxylation is 2. The third-order valence-electron chi connectivity index (χ3n) is 17.2. The highest BCUT2D eigenvalue weighted by Crippen LogP contribution is 2.38. The number of rotatable bonds is 30. The Morgan fingerprint density at radius 2 is 0.850 bits per heavy atom. The third-order valence-corrected chi connectivity index (χ3v) is 17.2. The topological polar surface area (TPSA) is 317 Å². The van der Waals surface area contributed by atoms with Gasteiger partial charge in [0.1, 0.15) is 40.7 Å². The van der Waals surface area contributed by atoms with Gasteiger partial charge in [-0.2, -0.15) is 0 Å². The lowest BCUT2D eigenvalue weighted by Gasteiger charge is -2.28. The molecule has 3 unspecified atom stereocenters. The van der Waals surface area contributed by atoms with Crippen molar-refractivity contribution in [1.82, 2.24) is 44.6 Å². The Morgan fingerprint density at radius 1 is 0.480 bits per heavy atom. The standard InChI is InChI=1S/C27H34N4O7.C24H29N3O4.C23H27N3O5/c1-27(2,3)38-26(35)30(11-13-36-15-16-37-14-12-32)18-6-7-21-20(17-18)19-5-4-10-28-24(19)31(21)22-8-9-23(33)29-25(22)34;1-2-12-30-14-15-31-13-4-5-17-7-8-20-19(16-17)18-6-3-11-25-23(18)27(20)21-9-10-22(28)26-24(21)29;27-10-12-31-14-13-30-11-2-3-16-5-6-19-18(15-16)17-4-1-9-24-22(17)26(19)20-7-8-21(28)25-23(20)29/h4-7,10,17,22,32H,8-9,11-16H2,1-3H3,(H,29,33,34);3,6-8,11,16,21H,2,4-5,9-10,12-15H2,1H3,(H,26,28,29);1,4-6,9,15,20,27H,2-3,7-8,10-14H2,(H,25,28,29). The fourth-order valence-corrected chi connectivity index (χ4v) is 12.7. The lowest BCUT2D eigenvalue weighted by atomic mass is 10.0. The fourth-order valence-electron chi connectivity index (χ4n) is 12.7. The lowest BCUT2D eigenvalue weighted by Crippen LogP contribution is -2.41. The van der Waals surface area contributed by atoms with Crippen molar-refractivity contribution in [3.63, 3.8) is 0 Å². The van der Waals surface area contributed by atoms with Gasteiger partial charge in [0.05, 0.1) is 95.8 Å². The van der Waals surface area contributed by atoms with Crippen LogP contribution in [0.25, 0.3) is 65.8 Å². The number of aromatic nitrogens is 6. The summed E-state index contributed by atoms with van der Waals surface area (Å²) < 4.78 is 44.1. The molecule has 12 rings (SSSR count). The molecule has 26 heteroatoms. The molecule has 0 aliphatic carbocycles. The summed E-state index contributed by atoms with van der Waals surface area (Å²) in [5.74, 6) is -1.60. The Bertz CT molecular complexity index is 4160. The predicted octanol–water partition coefficient (Wildman–Crippen LogP) is 8.60. The van der Waals surface area contributed by atoms with E-state index < -0.39 is 29.8 Å². The molecule has 7 amide bonds. The summed E-state index contributed by atoms with van der Waals surface area (Å²) >= 11 is 0. The summed E-state index contributed by atoms with van der Waals surface area (Å²) in [7, 11) is 0. The molecule has 0 saturated carbocycles. The first-order chi connectivity index (χ1) is 48.6. The lowest BCUT2D eigenvalue weighted by molar-refractivity contribution is -0.137. The van der Waals surface area contributed by atoms with Gasteiger partial charge in [0.15, 0.2) is 0 Å². The van der Waals surface area contributed by atoms with Gasteiger partial charge in [0.2, 0.25) is 35.4 Å². The van der Waals surface area contributed by atoms with Crippen LogP contribution < -0.4 is 20.9 Å². The summed E-state index contributed by atoms with van der Waals surface area (Å²) in [5, 5.41) is 30.6. The van der Waals surface area contributed by atoms with Crippen LogP contribution in [0.2, 0.25) is 0 Å². The quantitative estimate of drug-likeness (QED) is 0.0208. The highest BCUT2D eigenvalue weighted by atomic mass is 16.6. The molecule has 6 aromatic heterocycles. The normalized spacial score (nSPS) is 16.6. The van der Waals surface area contributed by atoms with Crippen LogP contribution in [0.3, 0.4) is 0 Å². The van der Waals surface area contributed by atoms with Gasteiger partial charge in [-0.05, 0) is 162 Å². The number of fused-ring (bicyclic) bond motifs is 9. The number of imide groups is 3. The Labute approximate surface area is 578 Å². The maximum Gasteiger partial charge on any atom is 0.414 e. The van der Waals surface area contributed by atoms with Crippen molar-refractivity contribution in [1.29, 1.82) is 0 Å². The number of carbonyl (C=O) groups excluding carboxylic acids is 7. The van der Waals surface area contributed by atoms with E-state index in [9.17, 15) is 33.6 Å². The van der Waals surface area contributed by atoms with E-state index >= 15 is 0 Å². The highest BCUT2D eigenvalue weighted by Gasteiger charge is 2.35. The number of aliphatic hydroxyl groups is 2. The molecular formula is C74H90N10O16. The van der Waals surface area contributed by atoms with E-state index in [0.717, 1.165) is 98.9 Å². The zero-order valence-electron chi connectivity index (χ0n) is 57.2. The minimum atomic E-state index is -0.690. The summed E-state index contributed by atoms with van der Waals surface area (Å²) in [6.07, 6.45) is 11.5. The molecule has 3 saturated heterocycles. The van der Waals surface area contributed by atoms with Gasteiger partial charge in [-0.25, -0.2) is 19.7 Å². The molecule has 532 valence electrons. The van der Waals surface area contributed by atoms with Crippen molar-refractivity contribution in [2.24, 2.45) is 0 Å². The first-order valence-corrected chi connectivity index (χ1v) is 34.4. The summed E-state index contributed by atoms with van der Waals surface area (Å²) in [4.78, 5) is 101. The molecule has 3 atom stereocenters. The van der Waals surface area contributed by atoms with E-state index in [1.807, 2.05) is 68.3 Å². The number of nitrogens with zero attached hydrogens (tertiary/aromatic N) is 7. The van der Waals surface area contributed by atoms with Crippen LogP contribution in [0.4, 0.5) is 10.5 Å². The number of aliphatic hydroxyl groups excluding tert-OH is 2. The smallest absolute Gasteiger partial charge is 0.414 e. The van der Waals surface area contributed by atoms with Crippen LogP contribution >= 0.6 is 0 Å². The largest absolute Gasteiger partial charge is 0.443 e. The Morgan fingerprint density at radius 3 is 1.23 bits per heavy atom. The van der Waals surface area contributed by atoms with Crippen molar-refractivity contribution in [3.8, 4) is 0 Å². The van der Waals surface area contributed by atoms with Gasteiger partial charge in [0.25, 0.3) is 0 Å². The number of hydrogen-bond donors (Lipinski definition) is 5. The average Bonchev–Trinajstić information content (AvgIpc) is 1.60. The Balaban J connectivity index is 0.000000163. The zero-order chi connectivity index (χ0) is 70.5. The first kappa shape index (κ1) is 73.6. The molecule has 9 heterocycles. The number of amides is 7. The summed E-state index contributed by atoms with van der Waals surface area (Å²) in [6, 6.07) is 28.3. The van der Waals surface area contributed by atoms with Gasteiger partial charge < -0.3 is 57.1 Å². The number of hydrogen-bond acceptors (Lipinski definition) is 19. The van der Waals surface area contributed by atoms with Gasteiger partial charge in [-0.15, -0.1) is 0 Å². The number of nitrogens with one attached hydrogen (secondary N) is 3. The van der Waals surface area contributed by atoms with E-state index in [4.69, 9.17) is 43.4 Å². The predicted molar refractivity (Wildman–Crippen MR) is 376 cm³/mol. The second-order valence-corrected chi connectivity index (χ2v) is 25.5. The number of anilines is 1. The van der Waals surface area contributed by atoms with Crippen molar-refractivity contribution in [2.45, 2.75) is 122 Å². The van der Waals surface area contributed by atoms with Gasteiger partial charge in [0, 0.05) is 95.7 Å². The summed E-state index contributed by atoms with van der Waals surface area (Å²) in [6.45, 7) is 13.6. The van der Waals surface area contributed by atoms with E-state index in [-0.39, 0.29) is 74.8 Å². The molecule has 3 fully saturated rings. The van der Waals surface area contributed by atoms with Crippen LogP contribution in [-0.2, 0) is 74.8 Å². The Hall–Kier alpha value is -9.12. The van der Waals surface area contributed by atoms with Crippen molar-refractivity contribution >= 4 is 113 Å². The molecule has 3 aliphatic heterocycles. The van der Waals surface area contributed by atoms with E-state index in [1.165, 1.54) is 16.0 Å². The molecule has 3 aromatic carbocycles. The van der Waals surface area contributed by atoms with Crippen molar-refractivity contribution < 1.29 is 76.9 Å². The monoisotopic (exact) mass is 1370 g/mol. The molecule has 3 aliphatic rings. The SMILES string of the molecule is CC(C)(C)OC(=O)N(CCOCCOCCO)c1ccc2c(c1)c1cccnc1n2C1CCC(=O)NC1=O.CCCOCCOCCCc1ccc2c(c1)c1cccnc1n2C1CCC(=O)NC1=O.O=C1CCC(n2c3ccc(CCCOCCOCCO)cc3c3cccnc32)C(=O)N1. The highest BCUT2D eigenvalue weighted by molar-refractivity contribution is 6.12. The fraction of sp³-hybridized carbons (Fsp3) is 0.459.